The van der Waals surface area contributed by atoms with Crippen LogP contribution in [-0.2, 0) is 19.6 Å². The molecule has 1 saturated carbocycles. The van der Waals surface area contributed by atoms with Crippen molar-refractivity contribution in [1.82, 2.24) is 4.72 Å². The molecule has 10 heteroatoms. The molecule has 2 rings (SSSR count). The van der Waals surface area contributed by atoms with Crippen LogP contribution in [0.1, 0.15) is 38.5 Å². The lowest BCUT2D eigenvalue weighted by atomic mass is 9.85. The number of halogens is 3. The predicted molar refractivity (Wildman–Crippen MR) is 90.4 cm³/mol. The van der Waals surface area contributed by atoms with Gasteiger partial charge in [-0.2, -0.15) is 4.72 Å². The number of carbonyl (C=O) groups excluding carboxylic acids is 1. The Morgan fingerprint density at radius 1 is 1.19 bits per heavy atom. The number of alkyl halides is 3. The largest absolute Gasteiger partial charge is 0.573 e. The Morgan fingerprint density at radius 2 is 1.78 bits per heavy atom. The number of ether oxygens (including phenoxy) is 2. The van der Waals surface area contributed by atoms with Crippen LogP contribution in [0.25, 0.3) is 0 Å². The van der Waals surface area contributed by atoms with Crippen LogP contribution in [0.5, 0.6) is 5.75 Å². The Kier molecular flexibility index (Phi) is 7.10. The number of rotatable bonds is 7. The zero-order chi connectivity index (χ0) is 20.1. The van der Waals surface area contributed by atoms with Gasteiger partial charge in [-0.25, -0.2) is 8.42 Å². The van der Waals surface area contributed by atoms with E-state index < -0.39 is 34.1 Å². The summed E-state index contributed by atoms with van der Waals surface area (Å²) in [6.07, 6.45) is 0.475. The fourth-order valence-corrected chi connectivity index (χ4v) is 4.36. The molecule has 1 aliphatic rings. The normalized spacial score (nSPS) is 17.3. The molecule has 0 aliphatic heterocycles. The maximum atomic E-state index is 12.5. The third-order valence-electron chi connectivity index (χ3n) is 4.44. The van der Waals surface area contributed by atoms with Crippen molar-refractivity contribution in [2.75, 3.05) is 7.11 Å². The number of sulfonamides is 1. The van der Waals surface area contributed by atoms with Gasteiger partial charge in [0.05, 0.1) is 12.0 Å². The molecule has 1 fully saturated rings. The van der Waals surface area contributed by atoms with E-state index in [0.717, 1.165) is 56.4 Å². The van der Waals surface area contributed by atoms with E-state index in [1.165, 1.54) is 7.11 Å². The fourth-order valence-electron chi connectivity index (χ4n) is 3.17. The van der Waals surface area contributed by atoms with Crippen molar-refractivity contribution in [2.45, 2.75) is 55.8 Å². The first kappa shape index (κ1) is 21.5. The molecular weight excluding hydrogens is 387 g/mol. The molecule has 27 heavy (non-hydrogen) atoms. The quantitative estimate of drug-likeness (QED) is 0.699. The summed E-state index contributed by atoms with van der Waals surface area (Å²) < 4.78 is 72.3. The molecule has 1 atom stereocenters. The van der Waals surface area contributed by atoms with Gasteiger partial charge in [0, 0.05) is 0 Å². The highest BCUT2D eigenvalue weighted by Gasteiger charge is 2.32. The average molecular weight is 409 g/mol. The standard InChI is InChI=1S/C17H22F3NO5S/c1-25-16(22)15(11-12-5-3-2-4-6-12)21-27(23,24)14-9-7-13(8-10-14)26-17(18,19)20/h7-10,12,15,21H,2-6,11H2,1H3/t15-/m0/s1. The van der Waals surface area contributed by atoms with Crippen LogP contribution >= 0.6 is 0 Å². The average Bonchev–Trinajstić information content (AvgIpc) is 2.60. The van der Waals surface area contributed by atoms with Gasteiger partial charge >= 0.3 is 12.3 Å². The molecule has 0 aromatic heterocycles. The molecule has 1 N–H and O–H groups in total. The van der Waals surface area contributed by atoms with E-state index in [2.05, 4.69) is 9.46 Å². The van der Waals surface area contributed by atoms with E-state index >= 15 is 0 Å². The van der Waals surface area contributed by atoms with Crippen molar-refractivity contribution in [3.05, 3.63) is 24.3 Å². The number of methoxy groups -OCH3 is 1. The first-order valence-electron chi connectivity index (χ1n) is 8.56. The van der Waals surface area contributed by atoms with E-state index in [1.54, 1.807) is 0 Å². The van der Waals surface area contributed by atoms with Crippen LogP contribution in [0.15, 0.2) is 29.2 Å². The highest BCUT2D eigenvalue weighted by atomic mass is 32.2. The highest BCUT2D eigenvalue weighted by molar-refractivity contribution is 7.89. The molecule has 6 nitrogen and oxygen atoms in total. The third-order valence-corrected chi connectivity index (χ3v) is 5.93. The first-order valence-corrected chi connectivity index (χ1v) is 10.0. The van der Waals surface area contributed by atoms with Crippen LogP contribution in [0.4, 0.5) is 13.2 Å². The zero-order valence-corrected chi connectivity index (χ0v) is 15.6. The van der Waals surface area contributed by atoms with Crippen molar-refractivity contribution >= 4 is 16.0 Å². The van der Waals surface area contributed by atoms with E-state index in [-0.39, 0.29) is 10.8 Å². The van der Waals surface area contributed by atoms with Crippen molar-refractivity contribution in [1.29, 1.82) is 0 Å². The number of benzene rings is 1. The summed E-state index contributed by atoms with van der Waals surface area (Å²) in [5.74, 6) is -1.01. The topological polar surface area (TPSA) is 81.7 Å². The molecule has 0 spiro atoms. The Hall–Kier alpha value is -1.81. The Balaban J connectivity index is 2.11. The van der Waals surface area contributed by atoms with Crippen LogP contribution in [0.2, 0.25) is 0 Å². The lowest BCUT2D eigenvalue weighted by Gasteiger charge is -2.25. The van der Waals surface area contributed by atoms with Gasteiger partial charge in [0.1, 0.15) is 11.8 Å². The van der Waals surface area contributed by atoms with Crippen LogP contribution in [-0.4, -0.2) is 33.9 Å². The van der Waals surface area contributed by atoms with Crippen LogP contribution in [0.3, 0.4) is 0 Å². The minimum atomic E-state index is -4.87. The lowest BCUT2D eigenvalue weighted by molar-refractivity contribution is -0.274. The van der Waals surface area contributed by atoms with E-state index in [9.17, 15) is 26.4 Å². The summed E-state index contributed by atoms with van der Waals surface area (Å²) in [5.41, 5.74) is 0. The molecule has 0 unspecified atom stereocenters. The van der Waals surface area contributed by atoms with Crippen LogP contribution in [0, 0.1) is 5.92 Å². The fraction of sp³-hybridized carbons (Fsp3) is 0.588. The van der Waals surface area contributed by atoms with Gasteiger partial charge in [0.25, 0.3) is 0 Å². The Labute approximate surface area is 156 Å². The molecule has 152 valence electrons. The second-order valence-electron chi connectivity index (χ2n) is 6.46. The van der Waals surface area contributed by atoms with Gasteiger partial charge in [-0.05, 0) is 36.6 Å². The molecule has 0 amide bonds. The van der Waals surface area contributed by atoms with Gasteiger partial charge in [0.2, 0.25) is 10.0 Å². The Bertz CT molecular complexity index is 728. The molecule has 0 heterocycles. The van der Waals surface area contributed by atoms with Crippen molar-refractivity contribution < 1.29 is 35.9 Å². The third kappa shape index (κ3) is 6.69. The second-order valence-corrected chi connectivity index (χ2v) is 8.17. The minimum absolute atomic E-state index is 0.216. The molecule has 1 aromatic carbocycles. The van der Waals surface area contributed by atoms with Crippen molar-refractivity contribution in [2.24, 2.45) is 5.92 Å². The maximum absolute atomic E-state index is 12.5. The van der Waals surface area contributed by atoms with Gasteiger partial charge in [-0.15, -0.1) is 13.2 Å². The number of carbonyl (C=O) groups is 1. The summed E-state index contributed by atoms with van der Waals surface area (Å²) in [6, 6.07) is 2.72. The summed E-state index contributed by atoms with van der Waals surface area (Å²) in [5, 5.41) is 0. The molecule has 1 aromatic rings. The zero-order valence-electron chi connectivity index (χ0n) is 14.8. The van der Waals surface area contributed by atoms with E-state index in [0.29, 0.717) is 6.42 Å². The van der Waals surface area contributed by atoms with Gasteiger partial charge in [0.15, 0.2) is 0 Å². The maximum Gasteiger partial charge on any atom is 0.573 e. The van der Waals surface area contributed by atoms with Gasteiger partial charge in [-0.1, -0.05) is 32.1 Å². The van der Waals surface area contributed by atoms with E-state index in [4.69, 9.17) is 4.74 Å². The summed E-state index contributed by atoms with van der Waals surface area (Å²) in [7, 11) is -2.94. The molecule has 0 bridgehead atoms. The summed E-state index contributed by atoms with van der Waals surface area (Å²) in [6.45, 7) is 0. The molecule has 0 saturated heterocycles. The Morgan fingerprint density at radius 3 is 2.30 bits per heavy atom. The molecule has 1 aliphatic carbocycles. The predicted octanol–water partition coefficient (Wildman–Crippen LogP) is 3.38. The smallest absolute Gasteiger partial charge is 0.468 e. The van der Waals surface area contributed by atoms with Crippen molar-refractivity contribution in [3.63, 3.8) is 0 Å². The monoisotopic (exact) mass is 409 g/mol. The van der Waals surface area contributed by atoms with Gasteiger partial charge < -0.3 is 9.47 Å². The lowest BCUT2D eigenvalue weighted by Crippen LogP contribution is -2.42. The number of nitrogens with one attached hydrogen (secondary N) is 1. The van der Waals surface area contributed by atoms with Crippen molar-refractivity contribution in [3.8, 4) is 5.75 Å². The first-order chi connectivity index (χ1) is 12.6. The minimum Gasteiger partial charge on any atom is -0.468 e. The van der Waals surface area contributed by atoms with Gasteiger partial charge in [-0.3, -0.25) is 4.79 Å². The second kappa shape index (κ2) is 8.92. The number of hydrogen-bond donors (Lipinski definition) is 1. The van der Waals surface area contributed by atoms with Crippen LogP contribution < -0.4 is 9.46 Å². The molecular formula is C17H22F3NO5S. The summed E-state index contributed by atoms with van der Waals surface area (Å²) in [4.78, 5) is 11.7. The van der Waals surface area contributed by atoms with E-state index in [1.807, 2.05) is 0 Å². The molecule has 0 radical (unpaired) electrons. The summed E-state index contributed by atoms with van der Waals surface area (Å²) >= 11 is 0. The highest BCUT2D eigenvalue weighted by Crippen LogP contribution is 2.28. The number of hydrogen-bond acceptors (Lipinski definition) is 5. The number of esters is 1. The SMILES string of the molecule is COC(=O)[C@H](CC1CCCCC1)NS(=O)(=O)c1ccc(OC(F)(F)F)cc1.